The number of amides is 1. The summed E-state index contributed by atoms with van der Waals surface area (Å²) in [6.45, 7) is 2.44. The number of benzene rings is 2. The molecule has 25 heavy (non-hydrogen) atoms. The van der Waals surface area contributed by atoms with Crippen molar-refractivity contribution in [2.24, 2.45) is 0 Å². The number of thioether (sulfide) groups is 1. The van der Waals surface area contributed by atoms with Crippen molar-refractivity contribution in [2.45, 2.75) is 25.3 Å². The van der Waals surface area contributed by atoms with Gasteiger partial charge in [0.2, 0.25) is 5.91 Å². The molecule has 2 aromatic rings. The number of ether oxygens (including phenoxy) is 1. The molecule has 1 atom stereocenters. The molecule has 0 N–H and O–H groups in total. The lowest BCUT2D eigenvalue weighted by atomic mass is 10.1. The van der Waals surface area contributed by atoms with Crippen molar-refractivity contribution in [1.29, 1.82) is 0 Å². The summed E-state index contributed by atoms with van der Waals surface area (Å²) in [4.78, 5) is 14.1. The monoisotopic (exact) mass is 363 g/mol. The van der Waals surface area contributed by atoms with Gasteiger partial charge in [0.1, 0.15) is 22.8 Å². The molecule has 0 radical (unpaired) electrons. The molecule has 0 spiro atoms. The second-order valence-corrected chi connectivity index (χ2v) is 6.89. The molecule has 1 fully saturated rings. The maximum atomic E-state index is 14.0. The predicted molar refractivity (Wildman–Crippen MR) is 94.3 cm³/mol. The van der Waals surface area contributed by atoms with Crippen LogP contribution in [0.25, 0.3) is 0 Å². The van der Waals surface area contributed by atoms with Crippen LogP contribution in [0.1, 0.15) is 29.8 Å². The van der Waals surface area contributed by atoms with E-state index < -0.39 is 11.6 Å². The van der Waals surface area contributed by atoms with Crippen molar-refractivity contribution in [2.75, 3.05) is 12.4 Å². The topological polar surface area (TPSA) is 29.5 Å². The first-order chi connectivity index (χ1) is 12.1. The molecule has 132 valence electrons. The van der Waals surface area contributed by atoms with Crippen molar-refractivity contribution in [3.63, 3.8) is 0 Å². The van der Waals surface area contributed by atoms with Gasteiger partial charge in [0.05, 0.1) is 13.2 Å². The van der Waals surface area contributed by atoms with E-state index in [0.29, 0.717) is 24.5 Å². The van der Waals surface area contributed by atoms with Crippen LogP contribution in [0, 0.1) is 11.6 Å². The highest BCUT2D eigenvalue weighted by Gasteiger charge is 2.32. The Balaban J connectivity index is 1.94. The van der Waals surface area contributed by atoms with Crippen molar-refractivity contribution < 1.29 is 18.3 Å². The molecule has 6 heteroatoms. The van der Waals surface area contributed by atoms with E-state index in [1.54, 1.807) is 16.7 Å². The fourth-order valence-electron chi connectivity index (χ4n) is 2.87. The Kier molecular flexibility index (Phi) is 5.58. The number of halogens is 2. The van der Waals surface area contributed by atoms with E-state index in [0.717, 1.165) is 23.8 Å². The largest absolute Gasteiger partial charge is 0.493 e. The van der Waals surface area contributed by atoms with Crippen LogP contribution < -0.4 is 4.74 Å². The third-order valence-corrected chi connectivity index (χ3v) is 5.29. The minimum absolute atomic E-state index is 0.0283. The van der Waals surface area contributed by atoms with Crippen LogP contribution in [0.2, 0.25) is 0 Å². The van der Waals surface area contributed by atoms with Crippen LogP contribution in [0.3, 0.4) is 0 Å². The molecule has 0 aliphatic carbocycles. The molecule has 1 aliphatic heterocycles. The van der Waals surface area contributed by atoms with Crippen molar-refractivity contribution in [3.05, 3.63) is 65.2 Å². The SMILES string of the molecule is CCOc1ccccc1C1SCCC(=O)N1Cc1cc(F)ccc1F. The second-order valence-electron chi connectivity index (χ2n) is 5.70. The van der Waals surface area contributed by atoms with Gasteiger partial charge in [-0.1, -0.05) is 18.2 Å². The zero-order chi connectivity index (χ0) is 17.8. The van der Waals surface area contributed by atoms with E-state index >= 15 is 0 Å². The maximum absolute atomic E-state index is 14.0. The van der Waals surface area contributed by atoms with E-state index in [2.05, 4.69) is 0 Å². The van der Waals surface area contributed by atoms with Crippen LogP contribution in [-0.2, 0) is 11.3 Å². The standard InChI is InChI=1S/C19H19F2NO2S/c1-2-24-17-6-4-3-5-15(17)19-22(18(23)9-10-25-19)12-13-11-14(20)7-8-16(13)21/h3-8,11,19H,2,9-10,12H2,1H3. The highest BCUT2D eigenvalue weighted by Crippen LogP contribution is 2.42. The number of hydrogen-bond donors (Lipinski definition) is 0. The Morgan fingerprint density at radius 2 is 2.04 bits per heavy atom. The summed E-state index contributed by atoms with van der Waals surface area (Å²) >= 11 is 1.61. The van der Waals surface area contributed by atoms with Gasteiger partial charge < -0.3 is 9.64 Å². The lowest BCUT2D eigenvalue weighted by Crippen LogP contribution is -2.37. The molecule has 3 nitrogen and oxygen atoms in total. The molecule has 1 saturated heterocycles. The molecule has 3 rings (SSSR count). The number of para-hydroxylation sites is 1. The molecule has 1 unspecified atom stereocenters. The number of carbonyl (C=O) groups excluding carboxylic acids is 1. The Labute approximate surface area is 150 Å². The summed E-state index contributed by atoms with van der Waals surface area (Å²) in [6.07, 6.45) is 0.384. The normalized spacial score (nSPS) is 17.6. The smallest absolute Gasteiger partial charge is 0.224 e. The van der Waals surface area contributed by atoms with Crippen LogP contribution in [-0.4, -0.2) is 23.2 Å². The third kappa shape index (κ3) is 3.95. The molecule has 0 aromatic heterocycles. The van der Waals surface area contributed by atoms with Gasteiger partial charge in [0.25, 0.3) is 0 Å². The summed E-state index contributed by atoms with van der Waals surface area (Å²) < 4.78 is 33.2. The van der Waals surface area contributed by atoms with E-state index in [9.17, 15) is 13.6 Å². The molecule has 1 heterocycles. The minimum Gasteiger partial charge on any atom is -0.493 e. The zero-order valence-corrected chi connectivity index (χ0v) is 14.7. The van der Waals surface area contributed by atoms with Crippen LogP contribution in [0.4, 0.5) is 8.78 Å². The van der Waals surface area contributed by atoms with Gasteiger partial charge in [-0.15, -0.1) is 11.8 Å². The number of rotatable bonds is 5. The summed E-state index contributed by atoms with van der Waals surface area (Å²) in [7, 11) is 0. The van der Waals surface area contributed by atoms with E-state index in [4.69, 9.17) is 4.74 Å². The highest BCUT2D eigenvalue weighted by molar-refractivity contribution is 7.99. The first-order valence-corrected chi connectivity index (χ1v) is 9.21. The minimum atomic E-state index is -0.514. The van der Waals surface area contributed by atoms with E-state index in [-0.39, 0.29) is 23.4 Å². The highest BCUT2D eigenvalue weighted by atomic mass is 32.2. The Morgan fingerprint density at radius 3 is 2.84 bits per heavy atom. The van der Waals surface area contributed by atoms with Crippen molar-refractivity contribution in [3.8, 4) is 5.75 Å². The zero-order valence-electron chi connectivity index (χ0n) is 13.9. The van der Waals surface area contributed by atoms with Gasteiger partial charge >= 0.3 is 0 Å². The summed E-state index contributed by atoms with van der Waals surface area (Å²) in [5.74, 6) is 0.300. The first-order valence-electron chi connectivity index (χ1n) is 8.17. The Bertz CT molecular complexity index is 769. The van der Waals surface area contributed by atoms with Gasteiger partial charge in [-0.2, -0.15) is 0 Å². The first kappa shape index (κ1) is 17.7. The van der Waals surface area contributed by atoms with Gasteiger partial charge in [-0.3, -0.25) is 4.79 Å². The lowest BCUT2D eigenvalue weighted by Gasteiger charge is -2.36. The molecule has 1 aliphatic rings. The molecule has 0 bridgehead atoms. The Hall–Kier alpha value is -2.08. The maximum Gasteiger partial charge on any atom is 0.224 e. The van der Waals surface area contributed by atoms with Gasteiger partial charge in [0, 0.05) is 23.3 Å². The van der Waals surface area contributed by atoms with E-state index in [1.807, 2.05) is 31.2 Å². The second kappa shape index (κ2) is 7.87. The molecule has 1 amide bonds. The quantitative estimate of drug-likeness (QED) is 0.782. The van der Waals surface area contributed by atoms with Gasteiger partial charge in [-0.25, -0.2) is 8.78 Å². The van der Waals surface area contributed by atoms with Crippen LogP contribution in [0.5, 0.6) is 5.75 Å². The average molecular weight is 363 g/mol. The Morgan fingerprint density at radius 1 is 1.24 bits per heavy atom. The average Bonchev–Trinajstić information content (AvgIpc) is 2.61. The molecular weight excluding hydrogens is 344 g/mol. The van der Waals surface area contributed by atoms with Crippen molar-refractivity contribution >= 4 is 17.7 Å². The fourth-order valence-corrected chi connectivity index (χ4v) is 4.13. The summed E-state index contributed by atoms with van der Waals surface area (Å²) in [6, 6.07) is 10.9. The van der Waals surface area contributed by atoms with Crippen LogP contribution in [0.15, 0.2) is 42.5 Å². The molecule has 0 saturated carbocycles. The third-order valence-electron chi connectivity index (χ3n) is 4.03. The lowest BCUT2D eigenvalue weighted by molar-refractivity contribution is -0.132. The summed E-state index contributed by atoms with van der Waals surface area (Å²) in [5.41, 5.74) is 1.05. The summed E-state index contributed by atoms with van der Waals surface area (Å²) in [5, 5.41) is -0.285. The number of hydrogen-bond acceptors (Lipinski definition) is 3. The predicted octanol–water partition coefficient (Wildman–Crippen LogP) is 4.53. The number of nitrogens with zero attached hydrogens (tertiary/aromatic N) is 1. The van der Waals surface area contributed by atoms with Gasteiger partial charge in [0.15, 0.2) is 0 Å². The van der Waals surface area contributed by atoms with Crippen LogP contribution >= 0.6 is 11.8 Å². The fraction of sp³-hybridized carbons (Fsp3) is 0.316. The van der Waals surface area contributed by atoms with Gasteiger partial charge in [-0.05, 0) is 31.2 Å². The van der Waals surface area contributed by atoms with E-state index in [1.165, 1.54) is 0 Å². The van der Waals surface area contributed by atoms with Crippen molar-refractivity contribution in [1.82, 2.24) is 4.90 Å². The molecular formula is C19H19F2NO2S. The molecule has 2 aromatic carbocycles. The number of carbonyl (C=O) groups is 1.